The molecule has 2 unspecified atom stereocenters. The van der Waals surface area contributed by atoms with Crippen LogP contribution in [-0.4, -0.2) is 23.4 Å². The molecule has 2 N–H and O–H groups in total. The van der Waals surface area contributed by atoms with E-state index in [9.17, 15) is 4.79 Å². The molecule has 1 spiro atoms. The van der Waals surface area contributed by atoms with Gasteiger partial charge in [0.05, 0.1) is 5.92 Å². The van der Waals surface area contributed by atoms with Crippen LogP contribution in [0.25, 0.3) is 0 Å². The summed E-state index contributed by atoms with van der Waals surface area (Å²) < 4.78 is 12.1. The zero-order chi connectivity index (χ0) is 15.3. The van der Waals surface area contributed by atoms with Gasteiger partial charge < -0.3 is 19.9 Å². The lowest BCUT2D eigenvalue weighted by atomic mass is 10.00. The van der Waals surface area contributed by atoms with Crippen LogP contribution < -0.4 is 14.8 Å². The number of carboxylic acid groups (broad SMARTS) is 1. The predicted molar refractivity (Wildman–Crippen MR) is 80.4 cm³/mol. The predicted octanol–water partition coefficient (Wildman–Crippen LogP) is 3.12. The third-order valence-corrected chi connectivity index (χ3v) is 5.20. The lowest BCUT2D eigenvalue weighted by molar-refractivity contribution is -0.141. The Kier molecular flexibility index (Phi) is 3.24. The summed E-state index contributed by atoms with van der Waals surface area (Å²) >= 11 is 6.39. The van der Waals surface area contributed by atoms with E-state index in [2.05, 4.69) is 5.32 Å². The highest BCUT2D eigenvalue weighted by Gasteiger charge is 2.44. The largest absolute Gasteiger partial charge is 0.481 e. The first-order valence-electron chi connectivity index (χ1n) is 7.74. The molecule has 2 heterocycles. The van der Waals surface area contributed by atoms with Crippen molar-refractivity contribution in [3.8, 4) is 11.5 Å². The Bertz CT molecular complexity index is 627. The van der Waals surface area contributed by atoms with Gasteiger partial charge in [-0.15, -0.1) is 0 Å². The van der Waals surface area contributed by atoms with E-state index >= 15 is 0 Å². The van der Waals surface area contributed by atoms with E-state index in [0.717, 1.165) is 37.0 Å². The van der Waals surface area contributed by atoms with Gasteiger partial charge in [0.25, 0.3) is 5.79 Å². The molecule has 0 bridgehead atoms. The third kappa shape index (κ3) is 2.23. The molecule has 1 aromatic carbocycles. The molecule has 2 atom stereocenters. The van der Waals surface area contributed by atoms with Crippen molar-refractivity contribution in [3.63, 3.8) is 0 Å². The number of benzene rings is 1. The van der Waals surface area contributed by atoms with Gasteiger partial charge in [-0.05, 0) is 30.9 Å². The van der Waals surface area contributed by atoms with E-state index in [1.807, 2.05) is 6.07 Å². The summed E-state index contributed by atoms with van der Waals surface area (Å²) in [5.41, 5.74) is 0.891. The molecule has 3 aliphatic rings. The Balaban J connectivity index is 1.60. The Labute approximate surface area is 133 Å². The third-order valence-electron chi connectivity index (χ3n) is 4.88. The first-order chi connectivity index (χ1) is 10.6. The highest BCUT2D eigenvalue weighted by atomic mass is 35.5. The van der Waals surface area contributed by atoms with Crippen LogP contribution in [-0.2, 0) is 4.79 Å². The van der Waals surface area contributed by atoms with Crippen molar-refractivity contribution < 1.29 is 19.4 Å². The van der Waals surface area contributed by atoms with Gasteiger partial charge in [0.2, 0.25) is 0 Å². The van der Waals surface area contributed by atoms with Crippen molar-refractivity contribution in [1.82, 2.24) is 5.32 Å². The molecular formula is C16H18ClNO4. The number of nitrogens with one attached hydrogen (secondary N) is 1. The summed E-state index contributed by atoms with van der Waals surface area (Å²) in [6.45, 7) is 0.467. The number of ether oxygens (including phenoxy) is 2. The molecule has 0 amide bonds. The van der Waals surface area contributed by atoms with E-state index in [1.54, 1.807) is 6.07 Å². The van der Waals surface area contributed by atoms with Gasteiger partial charge in [-0.2, -0.15) is 0 Å². The van der Waals surface area contributed by atoms with Gasteiger partial charge >= 0.3 is 5.97 Å². The fraction of sp³-hybridized carbons (Fsp3) is 0.562. The molecule has 2 fully saturated rings. The second-order valence-corrected chi connectivity index (χ2v) is 6.78. The van der Waals surface area contributed by atoms with Crippen LogP contribution in [0.4, 0.5) is 0 Å². The van der Waals surface area contributed by atoms with Crippen LogP contribution in [0.3, 0.4) is 0 Å². The lowest BCUT2D eigenvalue weighted by Crippen LogP contribution is -2.34. The first kappa shape index (κ1) is 14.2. The lowest BCUT2D eigenvalue weighted by Gasteiger charge is -2.21. The van der Waals surface area contributed by atoms with Crippen LogP contribution >= 0.6 is 11.6 Å². The minimum atomic E-state index is -0.767. The van der Waals surface area contributed by atoms with Crippen LogP contribution in [0, 0.1) is 5.92 Å². The van der Waals surface area contributed by atoms with Crippen LogP contribution in [0.5, 0.6) is 11.5 Å². The summed E-state index contributed by atoms with van der Waals surface area (Å²) in [4.78, 5) is 11.1. The van der Waals surface area contributed by atoms with E-state index in [4.69, 9.17) is 26.2 Å². The topological polar surface area (TPSA) is 67.8 Å². The summed E-state index contributed by atoms with van der Waals surface area (Å²) in [5.74, 6) is -0.216. The number of hydrogen-bond donors (Lipinski definition) is 2. The average Bonchev–Trinajstić information content (AvgIpc) is 3.18. The minimum absolute atomic E-state index is 0.0531. The van der Waals surface area contributed by atoms with Crippen molar-refractivity contribution in [3.05, 3.63) is 22.7 Å². The number of halogens is 1. The monoisotopic (exact) mass is 323 g/mol. The molecule has 118 valence electrons. The highest BCUT2D eigenvalue weighted by Crippen LogP contribution is 2.49. The summed E-state index contributed by atoms with van der Waals surface area (Å²) in [5, 5.41) is 13.0. The number of hydrogen-bond acceptors (Lipinski definition) is 4. The Morgan fingerprint density at radius 2 is 1.95 bits per heavy atom. The fourth-order valence-corrected chi connectivity index (χ4v) is 3.96. The molecule has 1 aromatic rings. The zero-order valence-corrected chi connectivity index (χ0v) is 12.9. The van der Waals surface area contributed by atoms with Crippen molar-refractivity contribution in [2.45, 2.75) is 43.9 Å². The maximum Gasteiger partial charge on any atom is 0.307 e. The molecule has 1 saturated carbocycles. The van der Waals surface area contributed by atoms with E-state index in [0.29, 0.717) is 23.7 Å². The van der Waals surface area contributed by atoms with Gasteiger partial charge in [-0.3, -0.25) is 4.79 Å². The molecule has 5 nitrogen and oxygen atoms in total. The summed E-state index contributed by atoms with van der Waals surface area (Å²) in [7, 11) is 0. The molecule has 1 saturated heterocycles. The van der Waals surface area contributed by atoms with Crippen molar-refractivity contribution >= 4 is 17.6 Å². The fourth-order valence-electron chi connectivity index (χ4n) is 3.68. The maximum atomic E-state index is 11.1. The quantitative estimate of drug-likeness (QED) is 0.875. The highest BCUT2D eigenvalue weighted by molar-refractivity contribution is 6.31. The van der Waals surface area contributed by atoms with Crippen molar-refractivity contribution in [2.75, 3.05) is 6.54 Å². The summed E-state index contributed by atoms with van der Waals surface area (Å²) in [6, 6.07) is 3.66. The number of aliphatic carboxylic acids is 1. The average molecular weight is 324 g/mol. The smallest absolute Gasteiger partial charge is 0.307 e. The second kappa shape index (κ2) is 5.03. The maximum absolute atomic E-state index is 11.1. The molecule has 4 rings (SSSR count). The van der Waals surface area contributed by atoms with Crippen molar-refractivity contribution in [1.29, 1.82) is 0 Å². The number of rotatable bonds is 2. The number of carboxylic acids is 1. The van der Waals surface area contributed by atoms with Crippen LogP contribution in [0.15, 0.2) is 12.1 Å². The van der Waals surface area contributed by atoms with Gasteiger partial charge in [0.1, 0.15) is 0 Å². The zero-order valence-electron chi connectivity index (χ0n) is 12.1. The number of fused-ring (bicyclic) bond motifs is 1. The van der Waals surface area contributed by atoms with Crippen molar-refractivity contribution in [2.24, 2.45) is 5.92 Å². The van der Waals surface area contributed by atoms with Crippen LogP contribution in [0.2, 0.25) is 5.02 Å². The molecule has 1 aliphatic carbocycles. The van der Waals surface area contributed by atoms with Gasteiger partial charge in [0, 0.05) is 36.5 Å². The SMILES string of the molecule is O=C(O)C1CNC(c2cc3c(cc2Cl)OC2(CCCC2)O3)C1. The molecule has 0 radical (unpaired) electrons. The van der Waals surface area contributed by atoms with Crippen LogP contribution in [0.1, 0.15) is 43.7 Å². The van der Waals surface area contributed by atoms with Gasteiger partial charge in [-0.25, -0.2) is 0 Å². The normalized spacial score (nSPS) is 28.4. The van der Waals surface area contributed by atoms with Gasteiger partial charge in [0.15, 0.2) is 11.5 Å². The molecule has 2 aliphatic heterocycles. The molecule has 22 heavy (non-hydrogen) atoms. The molecular weight excluding hydrogens is 306 g/mol. The van der Waals surface area contributed by atoms with E-state index < -0.39 is 11.8 Å². The Morgan fingerprint density at radius 1 is 1.27 bits per heavy atom. The van der Waals surface area contributed by atoms with E-state index in [-0.39, 0.29) is 12.0 Å². The molecule has 0 aromatic heterocycles. The van der Waals surface area contributed by atoms with Gasteiger partial charge in [-0.1, -0.05) is 11.6 Å². The Hall–Kier alpha value is -1.46. The second-order valence-electron chi connectivity index (χ2n) is 6.37. The summed E-state index contributed by atoms with van der Waals surface area (Å²) in [6.07, 6.45) is 4.56. The van der Waals surface area contributed by atoms with E-state index in [1.165, 1.54) is 0 Å². The molecule has 6 heteroatoms. The number of carbonyl (C=O) groups is 1. The first-order valence-corrected chi connectivity index (χ1v) is 8.12. The minimum Gasteiger partial charge on any atom is -0.481 e. The standard InChI is InChI=1S/C16H18ClNO4/c17-11-7-14-13(21-16(22-14)3-1-2-4-16)6-10(11)12-5-9(8-18-12)15(19)20/h6-7,9,12,18H,1-5,8H2,(H,19,20). The Morgan fingerprint density at radius 3 is 2.59 bits per heavy atom.